The third-order valence-electron chi connectivity index (χ3n) is 3.53. The molecule has 0 aliphatic rings. The molecular weight excluding hydrogens is 411 g/mol. The van der Waals surface area contributed by atoms with Crippen LogP contribution in [0.5, 0.6) is 0 Å². The molecule has 0 atom stereocenters. The fraction of sp³-hybridized carbons (Fsp3) is 0.733. The van der Waals surface area contributed by atoms with E-state index in [1.807, 2.05) is 25.6 Å². The highest BCUT2D eigenvalue weighted by atomic mass is 127. The third-order valence-corrected chi connectivity index (χ3v) is 4.78. The molecular formula is C15H29IN4OS. The molecule has 1 aromatic heterocycles. The van der Waals surface area contributed by atoms with Crippen molar-refractivity contribution in [3.05, 3.63) is 17.0 Å². The molecule has 1 heterocycles. The molecule has 0 aromatic carbocycles. The van der Waals surface area contributed by atoms with E-state index in [0.29, 0.717) is 0 Å². The first-order valence-corrected chi connectivity index (χ1v) is 8.53. The first kappa shape index (κ1) is 21.6. The minimum absolute atomic E-state index is 0. The van der Waals surface area contributed by atoms with Gasteiger partial charge in [0.15, 0.2) is 5.96 Å². The second kappa shape index (κ2) is 10.4. The number of thioether (sulfide) groups is 1. The highest BCUT2D eigenvalue weighted by Crippen LogP contribution is 2.19. The lowest BCUT2D eigenvalue weighted by Gasteiger charge is -2.23. The van der Waals surface area contributed by atoms with Crippen molar-refractivity contribution in [1.29, 1.82) is 0 Å². The second-order valence-corrected chi connectivity index (χ2v) is 7.24. The fourth-order valence-corrected chi connectivity index (χ4v) is 2.14. The van der Waals surface area contributed by atoms with E-state index in [4.69, 9.17) is 4.52 Å². The minimum atomic E-state index is 0. The summed E-state index contributed by atoms with van der Waals surface area (Å²) >= 11 is 1.85. The van der Waals surface area contributed by atoms with Crippen LogP contribution in [0.4, 0.5) is 0 Å². The van der Waals surface area contributed by atoms with Gasteiger partial charge < -0.3 is 15.2 Å². The van der Waals surface area contributed by atoms with E-state index in [1.54, 1.807) is 7.05 Å². The van der Waals surface area contributed by atoms with Gasteiger partial charge in [0.05, 0.1) is 5.69 Å². The Hall–Kier alpha value is -0.440. The highest BCUT2D eigenvalue weighted by Gasteiger charge is 2.16. The molecule has 0 aliphatic carbocycles. The molecule has 0 saturated heterocycles. The number of aliphatic imine (C=N–C) groups is 1. The van der Waals surface area contributed by atoms with E-state index in [-0.39, 0.29) is 28.7 Å². The maximum atomic E-state index is 5.17. The summed E-state index contributed by atoms with van der Waals surface area (Å²) in [5, 5.41) is 10.7. The van der Waals surface area contributed by atoms with E-state index in [0.717, 1.165) is 43.3 Å². The summed E-state index contributed by atoms with van der Waals surface area (Å²) in [7, 11) is 1.80. The molecule has 7 heteroatoms. The van der Waals surface area contributed by atoms with Crippen molar-refractivity contribution < 1.29 is 4.52 Å². The maximum absolute atomic E-state index is 5.17. The SMILES string of the molecule is CN=C(NCCCc1c(C)noc1C)NCC(C)(C)SC.I. The van der Waals surface area contributed by atoms with Crippen LogP contribution in [0.25, 0.3) is 0 Å². The Morgan fingerprint density at radius 2 is 2.00 bits per heavy atom. The van der Waals surface area contributed by atoms with Gasteiger partial charge in [0.1, 0.15) is 5.76 Å². The van der Waals surface area contributed by atoms with Gasteiger partial charge in [0.2, 0.25) is 0 Å². The van der Waals surface area contributed by atoms with E-state index < -0.39 is 0 Å². The van der Waals surface area contributed by atoms with Gasteiger partial charge in [-0.1, -0.05) is 5.16 Å². The monoisotopic (exact) mass is 440 g/mol. The summed E-state index contributed by atoms with van der Waals surface area (Å²) in [5.74, 6) is 1.78. The fourth-order valence-electron chi connectivity index (χ4n) is 1.92. The van der Waals surface area contributed by atoms with E-state index in [9.17, 15) is 0 Å². The van der Waals surface area contributed by atoms with Crippen molar-refractivity contribution in [1.82, 2.24) is 15.8 Å². The first-order chi connectivity index (χ1) is 9.89. The molecule has 2 N–H and O–H groups in total. The molecule has 1 aromatic rings. The van der Waals surface area contributed by atoms with Crippen molar-refractivity contribution in [2.45, 2.75) is 45.3 Å². The van der Waals surface area contributed by atoms with Gasteiger partial charge in [0, 0.05) is 30.4 Å². The average molecular weight is 440 g/mol. The number of aromatic nitrogens is 1. The van der Waals surface area contributed by atoms with Crippen molar-refractivity contribution in [3.63, 3.8) is 0 Å². The third kappa shape index (κ3) is 7.21. The van der Waals surface area contributed by atoms with E-state index in [1.165, 1.54) is 5.56 Å². The molecule has 128 valence electrons. The van der Waals surface area contributed by atoms with Gasteiger partial charge in [0.25, 0.3) is 0 Å². The minimum Gasteiger partial charge on any atom is -0.361 e. The largest absolute Gasteiger partial charge is 0.361 e. The summed E-state index contributed by atoms with van der Waals surface area (Å²) in [6.45, 7) is 10.2. The lowest BCUT2D eigenvalue weighted by Crippen LogP contribution is -2.43. The lowest BCUT2D eigenvalue weighted by atomic mass is 10.1. The predicted molar refractivity (Wildman–Crippen MR) is 107 cm³/mol. The number of aryl methyl sites for hydroxylation is 2. The van der Waals surface area contributed by atoms with Crippen molar-refractivity contribution in [2.24, 2.45) is 4.99 Å². The van der Waals surface area contributed by atoms with Gasteiger partial charge in [-0.05, 0) is 46.8 Å². The number of halogens is 1. The molecule has 0 aliphatic heterocycles. The number of nitrogens with zero attached hydrogens (tertiary/aromatic N) is 2. The van der Waals surface area contributed by atoms with Crippen LogP contribution in [0.1, 0.15) is 37.3 Å². The van der Waals surface area contributed by atoms with Crippen LogP contribution < -0.4 is 10.6 Å². The van der Waals surface area contributed by atoms with Gasteiger partial charge in [-0.15, -0.1) is 24.0 Å². The Morgan fingerprint density at radius 1 is 1.32 bits per heavy atom. The van der Waals surface area contributed by atoms with Crippen molar-refractivity contribution >= 4 is 41.7 Å². The normalized spacial score (nSPS) is 12.0. The molecule has 1 rings (SSSR count). The molecule has 0 radical (unpaired) electrons. The van der Waals surface area contributed by atoms with Crippen molar-refractivity contribution in [2.75, 3.05) is 26.4 Å². The Morgan fingerprint density at radius 3 is 2.50 bits per heavy atom. The summed E-state index contributed by atoms with van der Waals surface area (Å²) in [6, 6.07) is 0. The number of rotatable bonds is 7. The molecule has 0 fully saturated rings. The molecule has 0 amide bonds. The van der Waals surface area contributed by atoms with Crippen LogP contribution in [-0.4, -0.2) is 42.3 Å². The highest BCUT2D eigenvalue weighted by molar-refractivity contribution is 14.0. The topological polar surface area (TPSA) is 62.5 Å². The van der Waals surface area contributed by atoms with E-state index >= 15 is 0 Å². The standard InChI is InChI=1S/C15H28N4OS.HI/c1-11-13(12(2)20-19-11)8-7-9-17-14(16-5)18-10-15(3,4)21-6;/h7-10H2,1-6H3,(H2,16,17,18);1H. The number of nitrogens with one attached hydrogen (secondary N) is 2. The van der Waals surface area contributed by atoms with Crippen LogP contribution in [0.3, 0.4) is 0 Å². The van der Waals surface area contributed by atoms with E-state index in [2.05, 4.69) is 40.9 Å². The van der Waals surface area contributed by atoms with Crippen LogP contribution in [-0.2, 0) is 6.42 Å². The van der Waals surface area contributed by atoms with Gasteiger partial charge in [-0.2, -0.15) is 11.8 Å². The van der Waals surface area contributed by atoms with Gasteiger partial charge in [-0.3, -0.25) is 4.99 Å². The predicted octanol–water partition coefficient (Wildman–Crippen LogP) is 3.15. The zero-order valence-electron chi connectivity index (χ0n) is 14.4. The Bertz CT molecular complexity index is 455. The Kier molecular flexibility index (Phi) is 10.1. The smallest absolute Gasteiger partial charge is 0.191 e. The summed E-state index contributed by atoms with van der Waals surface area (Å²) in [6.07, 6.45) is 4.12. The van der Waals surface area contributed by atoms with Gasteiger partial charge in [-0.25, -0.2) is 0 Å². The lowest BCUT2D eigenvalue weighted by molar-refractivity contribution is 0.392. The zero-order valence-corrected chi connectivity index (χ0v) is 17.6. The maximum Gasteiger partial charge on any atom is 0.191 e. The molecule has 0 saturated carbocycles. The molecule has 0 unspecified atom stereocenters. The Labute approximate surface area is 155 Å². The number of hydrogen-bond acceptors (Lipinski definition) is 4. The Balaban J connectivity index is 0.00000441. The quantitative estimate of drug-likeness (QED) is 0.295. The molecule has 0 bridgehead atoms. The van der Waals surface area contributed by atoms with Crippen LogP contribution in [0.2, 0.25) is 0 Å². The zero-order chi connectivity index (χ0) is 15.9. The molecule has 0 spiro atoms. The first-order valence-electron chi connectivity index (χ1n) is 7.31. The average Bonchev–Trinajstić information content (AvgIpc) is 2.78. The van der Waals surface area contributed by atoms with Crippen LogP contribution >= 0.6 is 35.7 Å². The van der Waals surface area contributed by atoms with Crippen molar-refractivity contribution in [3.8, 4) is 0 Å². The summed E-state index contributed by atoms with van der Waals surface area (Å²) in [5.41, 5.74) is 2.22. The van der Waals surface area contributed by atoms with Crippen LogP contribution in [0, 0.1) is 13.8 Å². The van der Waals surface area contributed by atoms with Crippen LogP contribution in [0.15, 0.2) is 9.52 Å². The summed E-state index contributed by atoms with van der Waals surface area (Å²) < 4.78 is 5.38. The number of guanidine groups is 1. The second-order valence-electron chi connectivity index (χ2n) is 5.72. The molecule has 22 heavy (non-hydrogen) atoms. The summed E-state index contributed by atoms with van der Waals surface area (Å²) in [4.78, 5) is 4.25. The number of hydrogen-bond donors (Lipinski definition) is 2. The molecule has 5 nitrogen and oxygen atoms in total. The van der Waals surface area contributed by atoms with Gasteiger partial charge >= 0.3 is 0 Å².